The quantitative estimate of drug-likeness (QED) is 0.535. The Balaban J connectivity index is 3.09. The van der Waals surface area contributed by atoms with Gasteiger partial charge in [0.25, 0.3) is 0 Å². The number of aromatic nitrogens is 1. The van der Waals surface area contributed by atoms with Crippen molar-refractivity contribution in [3.05, 3.63) is 22.7 Å². The summed E-state index contributed by atoms with van der Waals surface area (Å²) in [5.74, 6) is -0.299. The molecule has 10 heavy (non-hydrogen) atoms. The maximum Gasteiger partial charge on any atom is 0.142 e. The zero-order chi connectivity index (χ0) is 7.56. The highest BCUT2D eigenvalue weighted by Crippen LogP contribution is 2.23. The summed E-state index contributed by atoms with van der Waals surface area (Å²) in [5, 5.41) is 0. The second-order valence-electron chi connectivity index (χ2n) is 1.65. The Kier molecular flexibility index (Phi) is 2.68. The first-order valence-electron chi connectivity index (χ1n) is 2.59. The lowest BCUT2D eigenvalue weighted by molar-refractivity contribution is 0.615. The molecule has 0 saturated heterocycles. The van der Waals surface area contributed by atoms with Gasteiger partial charge in [-0.2, -0.15) is 0 Å². The molecule has 0 spiro atoms. The molecule has 54 valence electrons. The third-order valence-electron chi connectivity index (χ3n) is 0.993. The van der Waals surface area contributed by atoms with E-state index in [0.717, 1.165) is 4.90 Å². The van der Waals surface area contributed by atoms with E-state index in [1.807, 2.05) is 6.26 Å². The predicted molar refractivity (Wildman–Crippen MR) is 43.7 cm³/mol. The van der Waals surface area contributed by atoms with Gasteiger partial charge < -0.3 is 0 Å². The lowest BCUT2D eigenvalue weighted by atomic mass is 10.5. The molecular weight excluding hydrogens is 217 g/mol. The maximum atomic E-state index is 12.4. The Hall–Kier alpha value is -0.0900. The molecule has 0 bridgehead atoms. The minimum absolute atomic E-state index is 0.299. The van der Waals surface area contributed by atoms with E-state index in [2.05, 4.69) is 20.9 Å². The van der Waals surface area contributed by atoms with Crippen molar-refractivity contribution in [3.63, 3.8) is 0 Å². The highest BCUT2D eigenvalue weighted by molar-refractivity contribution is 9.10. The van der Waals surface area contributed by atoms with Gasteiger partial charge >= 0.3 is 0 Å². The summed E-state index contributed by atoms with van der Waals surface area (Å²) in [5.41, 5.74) is 0. The fourth-order valence-electron chi connectivity index (χ4n) is 0.547. The van der Waals surface area contributed by atoms with Crippen LogP contribution in [-0.4, -0.2) is 11.2 Å². The van der Waals surface area contributed by atoms with Crippen LogP contribution in [0.25, 0.3) is 0 Å². The molecule has 0 aliphatic heterocycles. The minimum atomic E-state index is -0.299. The van der Waals surface area contributed by atoms with E-state index in [4.69, 9.17) is 0 Å². The fourth-order valence-corrected chi connectivity index (χ4v) is 1.70. The second kappa shape index (κ2) is 3.34. The standard InChI is InChI=1S/C6H5BrFNS/c1-10-5-2-4(8)3-9-6(5)7/h2-3H,1H3. The van der Waals surface area contributed by atoms with E-state index < -0.39 is 0 Å². The van der Waals surface area contributed by atoms with Gasteiger partial charge in [-0.25, -0.2) is 9.37 Å². The molecule has 4 heteroatoms. The third-order valence-corrected chi connectivity index (χ3v) is 2.64. The first kappa shape index (κ1) is 8.01. The van der Waals surface area contributed by atoms with Crippen LogP contribution >= 0.6 is 27.7 Å². The van der Waals surface area contributed by atoms with E-state index >= 15 is 0 Å². The molecule has 0 aromatic carbocycles. The second-order valence-corrected chi connectivity index (χ2v) is 3.25. The van der Waals surface area contributed by atoms with Crippen LogP contribution in [0.5, 0.6) is 0 Å². The molecule has 0 fully saturated rings. The van der Waals surface area contributed by atoms with Crippen LogP contribution < -0.4 is 0 Å². The maximum absolute atomic E-state index is 12.4. The molecule has 1 heterocycles. The first-order valence-corrected chi connectivity index (χ1v) is 4.61. The van der Waals surface area contributed by atoms with E-state index in [9.17, 15) is 4.39 Å². The summed E-state index contributed by atoms with van der Waals surface area (Å²) in [6.07, 6.45) is 3.06. The van der Waals surface area contributed by atoms with E-state index in [0.29, 0.717) is 4.60 Å². The lowest BCUT2D eigenvalue weighted by Gasteiger charge is -1.97. The fraction of sp³-hybridized carbons (Fsp3) is 0.167. The summed E-state index contributed by atoms with van der Waals surface area (Å²) >= 11 is 4.65. The minimum Gasteiger partial charge on any atom is -0.245 e. The number of nitrogens with zero attached hydrogens (tertiary/aromatic N) is 1. The molecule has 0 atom stereocenters. The molecule has 0 N–H and O–H groups in total. The van der Waals surface area contributed by atoms with E-state index in [-0.39, 0.29) is 5.82 Å². The van der Waals surface area contributed by atoms with Crippen molar-refractivity contribution in [3.8, 4) is 0 Å². The zero-order valence-corrected chi connectivity index (χ0v) is 7.67. The number of halogens is 2. The molecule has 0 saturated carbocycles. The van der Waals surface area contributed by atoms with Gasteiger partial charge in [0.15, 0.2) is 0 Å². The van der Waals surface area contributed by atoms with Crippen molar-refractivity contribution < 1.29 is 4.39 Å². The van der Waals surface area contributed by atoms with Crippen LogP contribution in [0, 0.1) is 5.82 Å². The van der Waals surface area contributed by atoms with Crippen LogP contribution in [0.4, 0.5) is 4.39 Å². The number of rotatable bonds is 1. The molecule has 0 aliphatic rings. The van der Waals surface area contributed by atoms with Crippen LogP contribution in [-0.2, 0) is 0 Å². The predicted octanol–water partition coefficient (Wildman–Crippen LogP) is 2.71. The largest absolute Gasteiger partial charge is 0.245 e. The summed E-state index contributed by atoms with van der Waals surface area (Å²) in [6, 6.07) is 1.45. The van der Waals surface area contributed by atoms with Crippen LogP contribution in [0.3, 0.4) is 0 Å². The van der Waals surface area contributed by atoms with Crippen molar-refractivity contribution >= 4 is 27.7 Å². The van der Waals surface area contributed by atoms with Crippen molar-refractivity contribution in [1.82, 2.24) is 4.98 Å². The van der Waals surface area contributed by atoms with Gasteiger partial charge in [-0.3, -0.25) is 0 Å². The molecule has 0 aliphatic carbocycles. The monoisotopic (exact) mass is 221 g/mol. The first-order chi connectivity index (χ1) is 4.74. The van der Waals surface area contributed by atoms with Crippen molar-refractivity contribution in [2.24, 2.45) is 0 Å². The van der Waals surface area contributed by atoms with Crippen LogP contribution in [0.15, 0.2) is 21.8 Å². The average molecular weight is 222 g/mol. The number of hydrogen-bond acceptors (Lipinski definition) is 2. The lowest BCUT2D eigenvalue weighted by Crippen LogP contribution is -1.82. The van der Waals surface area contributed by atoms with Crippen molar-refractivity contribution in [2.45, 2.75) is 4.90 Å². The van der Waals surface area contributed by atoms with Gasteiger partial charge in [0.2, 0.25) is 0 Å². The highest BCUT2D eigenvalue weighted by atomic mass is 79.9. The summed E-state index contributed by atoms with van der Waals surface area (Å²) < 4.78 is 13.1. The smallest absolute Gasteiger partial charge is 0.142 e. The van der Waals surface area contributed by atoms with Gasteiger partial charge in [0, 0.05) is 4.90 Å². The molecular formula is C6H5BrFNS. The number of hydrogen-bond donors (Lipinski definition) is 0. The Morgan fingerprint density at radius 2 is 2.40 bits per heavy atom. The van der Waals surface area contributed by atoms with Gasteiger partial charge in [-0.1, -0.05) is 0 Å². The van der Waals surface area contributed by atoms with Gasteiger partial charge in [-0.15, -0.1) is 11.8 Å². The SMILES string of the molecule is CSc1cc(F)cnc1Br. The topological polar surface area (TPSA) is 12.9 Å². The van der Waals surface area contributed by atoms with Crippen LogP contribution in [0.1, 0.15) is 0 Å². The van der Waals surface area contributed by atoms with Crippen molar-refractivity contribution in [1.29, 1.82) is 0 Å². The molecule has 0 unspecified atom stereocenters. The van der Waals surface area contributed by atoms with Crippen LogP contribution in [0.2, 0.25) is 0 Å². The zero-order valence-electron chi connectivity index (χ0n) is 5.27. The normalized spacial score (nSPS) is 9.90. The van der Waals surface area contributed by atoms with Gasteiger partial charge in [0.05, 0.1) is 6.20 Å². The molecule has 1 aromatic heterocycles. The highest BCUT2D eigenvalue weighted by Gasteiger charge is 1.99. The average Bonchev–Trinajstić information content (AvgIpc) is 1.94. The molecule has 1 nitrogen and oxygen atoms in total. The Morgan fingerprint density at radius 1 is 1.70 bits per heavy atom. The number of thioether (sulfide) groups is 1. The summed E-state index contributed by atoms with van der Waals surface area (Å²) in [6.45, 7) is 0. The molecule has 1 rings (SSSR count). The summed E-state index contributed by atoms with van der Waals surface area (Å²) in [4.78, 5) is 4.59. The Bertz CT molecular complexity index is 241. The Labute approximate surface area is 71.2 Å². The van der Waals surface area contributed by atoms with E-state index in [1.54, 1.807) is 0 Å². The van der Waals surface area contributed by atoms with Crippen molar-refractivity contribution in [2.75, 3.05) is 6.26 Å². The van der Waals surface area contributed by atoms with Gasteiger partial charge in [0.1, 0.15) is 10.4 Å². The molecule has 0 radical (unpaired) electrons. The van der Waals surface area contributed by atoms with Gasteiger partial charge in [-0.05, 0) is 28.3 Å². The Morgan fingerprint density at radius 3 is 2.90 bits per heavy atom. The summed E-state index contributed by atoms with van der Waals surface area (Å²) in [7, 11) is 0. The third kappa shape index (κ3) is 1.70. The molecule has 0 amide bonds. The molecule has 1 aromatic rings. The number of pyridine rings is 1. The van der Waals surface area contributed by atoms with E-state index in [1.165, 1.54) is 24.0 Å².